The van der Waals surface area contributed by atoms with Crippen LogP contribution in [0.5, 0.6) is 0 Å². The van der Waals surface area contributed by atoms with Crippen molar-refractivity contribution in [2.75, 3.05) is 13.1 Å². The molecule has 0 aliphatic heterocycles. The van der Waals surface area contributed by atoms with Crippen LogP contribution in [0.3, 0.4) is 0 Å². The molecule has 0 aliphatic carbocycles. The lowest BCUT2D eigenvalue weighted by atomic mass is 10.4. The Kier molecular flexibility index (Phi) is 3.92. The SMILES string of the molecule is Cc1cnn(CCNC[C@H](C)O)c1. The molecule has 13 heavy (non-hydrogen) atoms. The molecule has 0 spiro atoms. The van der Waals surface area contributed by atoms with Crippen molar-refractivity contribution < 1.29 is 5.11 Å². The quantitative estimate of drug-likeness (QED) is 0.639. The first-order valence-corrected chi connectivity index (χ1v) is 4.56. The molecule has 74 valence electrons. The van der Waals surface area contributed by atoms with Crippen LogP contribution in [-0.2, 0) is 6.54 Å². The Morgan fingerprint density at radius 1 is 1.69 bits per heavy atom. The Morgan fingerprint density at radius 2 is 2.46 bits per heavy atom. The largest absolute Gasteiger partial charge is 0.392 e. The average molecular weight is 183 g/mol. The number of rotatable bonds is 5. The predicted octanol–water partition coefficient (Wildman–Crippen LogP) is 0.162. The van der Waals surface area contributed by atoms with E-state index in [1.807, 2.05) is 24.0 Å². The molecule has 4 heteroatoms. The fourth-order valence-corrected chi connectivity index (χ4v) is 1.09. The molecular weight excluding hydrogens is 166 g/mol. The minimum Gasteiger partial charge on any atom is -0.392 e. The van der Waals surface area contributed by atoms with Crippen molar-refractivity contribution in [3.63, 3.8) is 0 Å². The first-order chi connectivity index (χ1) is 6.18. The lowest BCUT2D eigenvalue weighted by Crippen LogP contribution is -2.27. The summed E-state index contributed by atoms with van der Waals surface area (Å²) in [5.41, 5.74) is 1.18. The van der Waals surface area contributed by atoms with Gasteiger partial charge in [-0.3, -0.25) is 4.68 Å². The van der Waals surface area contributed by atoms with Gasteiger partial charge in [0.25, 0.3) is 0 Å². The van der Waals surface area contributed by atoms with E-state index in [0.29, 0.717) is 6.54 Å². The molecule has 0 aromatic carbocycles. The summed E-state index contributed by atoms with van der Waals surface area (Å²) in [5.74, 6) is 0. The van der Waals surface area contributed by atoms with Crippen LogP contribution >= 0.6 is 0 Å². The maximum atomic E-state index is 8.97. The minimum atomic E-state index is -0.278. The van der Waals surface area contributed by atoms with Gasteiger partial charge in [-0.1, -0.05) is 0 Å². The summed E-state index contributed by atoms with van der Waals surface area (Å²) in [6, 6.07) is 0. The van der Waals surface area contributed by atoms with Gasteiger partial charge in [-0.2, -0.15) is 5.10 Å². The fourth-order valence-electron chi connectivity index (χ4n) is 1.09. The molecule has 0 radical (unpaired) electrons. The minimum absolute atomic E-state index is 0.278. The Labute approximate surface area is 78.6 Å². The van der Waals surface area contributed by atoms with Gasteiger partial charge in [-0.15, -0.1) is 0 Å². The van der Waals surface area contributed by atoms with Crippen molar-refractivity contribution in [3.05, 3.63) is 18.0 Å². The molecule has 1 rings (SSSR count). The van der Waals surface area contributed by atoms with Crippen molar-refractivity contribution in [1.82, 2.24) is 15.1 Å². The topological polar surface area (TPSA) is 50.1 Å². The highest BCUT2D eigenvalue weighted by molar-refractivity contribution is 4.99. The lowest BCUT2D eigenvalue weighted by Gasteiger charge is -2.06. The molecule has 1 heterocycles. The third-order valence-electron chi connectivity index (χ3n) is 1.72. The zero-order valence-electron chi connectivity index (χ0n) is 8.20. The van der Waals surface area contributed by atoms with Crippen LogP contribution in [-0.4, -0.2) is 34.1 Å². The summed E-state index contributed by atoms with van der Waals surface area (Å²) in [6.07, 6.45) is 3.57. The molecule has 1 aromatic rings. The van der Waals surface area contributed by atoms with Crippen LogP contribution in [0.4, 0.5) is 0 Å². The normalized spacial score (nSPS) is 13.2. The lowest BCUT2D eigenvalue weighted by molar-refractivity contribution is 0.191. The van der Waals surface area contributed by atoms with Crippen LogP contribution in [0.1, 0.15) is 12.5 Å². The van der Waals surface area contributed by atoms with Crippen LogP contribution in [0, 0.1) is 6.92 Å². The zero-order valence-corrected chi connectivity index (χ0v) is 8.20. The van der Waals surface area contributed by atoms with Gasteiger partial charge in [0.05, 0.1) is 18.8 Å². The molecule has 0 amide bonds. The molecule has 1 aromatic heterocycles. The third-order valence-corrected chi connectivity index (χ3v) is 1.72. The summed E-state index contributed by atoms with van der Waals surface area (Å²) in [6.45, 7) is 6.12. The summed E-state index contributed by atoms with van der Waals surface area (Å²) in [4.78, 5) is 0. The smallest absolute Gasteiger partial charge is 0.0636 e. The van der Waals surface area contributed by atoms with E-state index in [1.165, 1.54) is 5.56 Å². The van der Waals surface area contributed by atoms with Crippen LogP contribution in [0.15, 0.2) is 12.4 Å². The Morgan fingerprint density at radius 3 is 3.00 bits per heavy atom. The van der Waals surface area contributed by atoms with Crippen molar-refractivity contribution in [2.45, 2.75) is 26.5 Å². The number of nitrogens with zero attached hydrogens (tertiary/aromatic N) is 2. The number of nitrogens with one attached hydrogen (secondary N) is 1. The molecule has 4 nitrogen and oxygen atoms in total. The molecule has 1 atom stereocenters. The van der Waals surface area contributed by atoms with Crippen LogP contribution < -0.4 is 5.32 Å². The molecule has 0 saturated heterocycles. The molecule has 0 fully saturated rings. The van der Waals surface area contributed by atoms with Crippen molar-refractivity contribution >= 4 is 0 Å². The van der Waals surface area contributed by atoms with Gasteiger partial charge < -0.3 is 10.4 Å². The van der Waals surface area contributed by atoms with Crippen LogP contribution in [0.25, 0.3) is 0 Å². The second-order valence-corrected chi connectivity index (χ2v) is 3.33. The highest BCUT2D eigenvalue weighted by atomic mass is 16.3. The second kappa shape index (κ2) is 4.99. The van der Waals surface area contributed by atoms with E-state index in [9.17, 15) is 0 Å². The Balaban J connectivity index is 2.13. The first-order valence-electron chi connectivity index (χ1n) is 4.56. The van der Waals surface area contributed by atoms with E-state index >= 15 is 0 Å². The Bertz CT molecular complexity index is 245. The number of aryl methyl sites for hydroxylation is 1. The average Bonchev–Trinajstić information content (AvgIpc) is 2.45. The number of aromatic nitrogens is 2. The summed E-state index contributed by atoms with van der Waals surface area (Å²) >= 11 is 0. The monoisotopic (exact) mass is 183 g/mol. The van der Waals surface area contributed by atoms with E-state index in [2.05, 4.69) is 10.4 Å². The summed E-state index contributed by atoms with van der Waals surface area (Å²) < 4.78 is 1.89. The molecule has 0 aliphatic rings. The third kappa shape index (κ3) is 4.05. The van der Waals surface area contributed by atoms with Gasteiger partial charge in [0.1, 0.15) is 0 Å². The van der Waals surface area contributed by atoms with E-state index < -0.39 is 0 Å². The first kappa shape index (κ1) is 10.2. The standard InChI is InChI=1S/C9H17N3O/c1-8-5-11-12(7-8)4-3-10-6-9(2)13/h5,7,9-10,13H,3-4,6H2,1-2H3/t9-/m0/s1. The maximum Gasteiger partial charge on any atom is 0.0636 e. The van der Waals surface area contributed by atoms with E-state index in [4.69, 9.17) is 5.11 Å². The van der Waals surface area contributed by atoms with E-state index in [-0.39, 0.29) is 6.10 Å². The second-order valence-electron chi connectivity index (χ2n) is 3.33. The Hall–Kier alpha value is -0.870. The molecule has 0 unspecified atom stereocenters. The molecule has 0 bridgehead atoms. The van der Waals surface area contributed by atoms with Crippen LogP contribution in [0.2, 0.25) is 0 Å². The van der Waals surface area contributed by atoms with Gasteiger partial charge in [-0.25, -0.2) is 0 Å². The van der Waals surface area contributed by atoms with Gasteiger partial charge in [0.2, 0.25) is 0 Å². The zero-order chi connectivity index (χ0) is 9.68. The summed E-state index contributed by atoms with van der Waals surface area (Å²) in [7, 11) is 0. The van der Waals surface area contributed by atoms with Crippen molar-refractivity contribution in [1.29, 1.82) is 0 Å². The van der Waals surface area contributed by atoms with E-state index in [1.54, 1.807) is 6.92 Å². The number of aliphatic hydroxyl groups is 1. The highest BCUT2D eigenvalue weighted by Crippen LogP contribution is 1.92. The van der Waals surface area contributed by atoms with E-state index in [0.717, 1.165) is 13.1 Å². The molecular formula is C9H17N3O. The van der Waals surface area contributed by atoms with Crippen molar-refractivity contribution in [2.24, 2.45) is 0 Å². The maximum absolute atomic E-state index is 8.97. The number of hydrogen-bond acceptors (Lipinski definition) is 3. The number of hydrogen-bond donors (Lipinski definition) is 2. The molecule has 0 saturated carbocycles. The van der Waals surface area contributed by atoms with Gasteiger partial charge in [0, 0.05) is 19.3 Å². The van der Waals surface area contributed by atoms with Gasteiger partial charge >= 0.3 is 0 Å². The number of aliphatic hydroxyl groups excluding tert-OH is 1. The fraction of sp³-hybridized carbons (Fsp3) is 0.667. The van der Waals surface area contributed by atoms with Crippen molar-refractivity contribution in [3.8, 4) is 0 Å². The highest BCUT2D eigenvalue weighted by Gasteiger charge is 1.95. The van der Waals surface area contributed by atoms with Gasteiger partial charge in [0.15, 0.2) is 0 Å². The predicted molar refractivity (Wildman–Crippen MR) is 51.5 cm³/mol. The van der Waals surface area contributed by atoms with Gasteiger partial charge in [-0.05, 0) is 19.4 Å². The molecule has 2 N–H and O–H groups in total. The summed E-state index contributed by atoms with van der Waals surface area (Å²) in [5, 5.41) is 16.2.